The van der Waals surface area contributed by atoms with Gasteiger partial charge in [-0.25, -0.2) is 4.79 Å². The molecule has 15 heteroatoms. The van der Waals surface area contributed by atoms with E-state index in [1.54, 1.807) is 0 Å². The van der Waals surface area contributed by atoms with Crippen molar-refractivity contribution in [3.8, 4) is 0 Å². The largest absolute Gasteiger partial charge is 1.00 e. The SMILES string of the molecule is O=C(OS(=O)(=O)O)OS(=O)(=O)O.[H-].[H-].[H-].[H-].[K+].[K+].[K+].[K+]. The van der Waals surface area contributed by atoms with Crippen LogP contribution in [0.25, 0.3) is 0 Å². The second kappa shape index (κ2) is 15.5. The van der Waals surface area contributed by atoms with E-state index in [1.165, 1.54) is 0 Å². The maximum atomic E-state index is 9.95. The number of hydrogen-bond donors (Lipinski definition) is 2. The minimum Gasteiger partial charge on any atom is -1.00 e. The van der Waals surface area contributed by atoms with Crippen LogP contribution < -0.4 is 206 Å². The topological polar surface area (TPSA) is 144 Å². The Bertz CT molecular complexity index is 347. The van der Waals surface area contributed by atoms with Crippen molar-refractivity contribution in [2.24, 2.45) is 0 Å². The summed E-state index contributed by atoms with van der Waals surface area (Å²) in [4.78, 5) is 9.95. The molecule has 2 N–H and O–H groups in total. The summed E-state index contributed by atoms with van der Waals surface area (Å²) in [7, 11) is -10.3. The van der Waals surface area contributed by atoms with Crippen molar-refractivity contribution in [3.63, 3.8) is 0 Å². The molecule has 0 aromatic carbocycles. The van der Waals surface area contributed by atoms with E-state index in [1.807, 2.05) is 0 Å². The van der Waals surface area contributed by atoms with Crippen molar-refractivity contribution < 1.29 is 250 Å². The Morgan fingerprint density at radius 3 is 1.12 bits per heavy atom. The molecule has 0 saturated carbocycles. The molecule has 0 aliphatic heterocycles. The van der Waals surface area contributed by atoms with Gasteiger partial charge in [0.25, 0.3) is 0 Å². The fraction of sp³-hybridized carbons (Fsp3) is 0. The summed E-state index contributed by atoms with van der Waals surface area (Å²) in [6.45, 7) is 0. The molecule has 0 atom stereocenters. The number of rotatable bonds is 2. The molecule has 0 unspecified atom stereocenters. The minimum absolute atomic E-state index is 0. The van der Waals surface area contributed by atoms with E-state index in [0.29, 0.717) is 0 Å². The van der Waals surface area contributed by atoms with Crippen LogP contribution in [0.3, 0.4) is 0 Å². The Balaban J connectivity index is -0.0000000216. The molecule has 9 nitrogen and oxygen atoms in total. The van der Waals surface area contributed by atoms with E-state index in [0.717, 1.165) is 0 Å². The first kappa shape index (κ1) is 33.3. The van der Waals surface area contributed by atoms with E-state index < -0.39 is 27.0 Å². The van der Waals surface area contributed by atoms with Gasteiger partial charge in [0.05, 0.1) is 0 Å². The molecule has 0 aliphatic carbocycles. The van der Waals surface area contributed by atoms with Crippen molar-refractivity contribution in [1.29, 1.82) is 0 Å². The van der Waals surface area contributed by atoms with E-state index in [9.17, 15) is 21.6 Å². The van der Waals surface area contributed by atoms with Gasteiger partial charge < -0.3 is 5.71 Å². The second-order valence-electron chi connectivity index (χ2n) is 1.27. The van der Waals surface area contributed by atoms with E-state index in [2.05, 4.69) is 8.37 Å². The molecule has 0 bridgehead atoms. The third-order valence-electron chi connectivity index (χ3n) is 0.347. The Morgan fingerprint density at radius 2 is 1.00 bits per heavy atom. The Labute approximate surface area is 268 Å². The third-order valence-corrected chi connectivity index (χ3v) is 1.04. The van der Waals surface area contributed by atoms with Gasteiger partial charge in [-0.3, -0.25) is 17.5 Å². The van der Waals surface area contributed by atoms with Gasteiger partial charge in [0, 0.05) is 0 Å². The van der Waals surface area contributed by atoms with Crippen molar-refractivity contribution in [1.82, 2.24) is 0 Å². The van der Waals surface area contributed by atoms with Gasteiger partial charge in [-0.05, 0) is 0 Å². The van der Waals surface area contributed by atoms with Gasteiger partial charge in [-0.2, -0.15) is 16.8 Å². The Morgan fingerprint density at radius 1 is 0.812 bits per heavy atom. The molecular weight excluding hydrogens is 377 g/mol. The first-order valence-electron chi connectivity index (χ1n) is 1.98. The van der Waals surface area contributed by atoms with E-state index in [-0.39, 0.29) is 211 Å². The maximum Gasteiger partial charge on any atom is 1.00 e. The molecule has 0 rings (SSSR count). The summed E-state index contributed by atoms with van der Waals surface area (Å²) in [5.41, 5.74) is 0. The molecule has 0 fully saturated rings. The monoisotopic (exact) mass is 382 g/mol. The summed E-state index contributed by atoms with van der Waals surface area (Å²) in [5, 5.41) is 0. The van der Waals surface area contributed by atoms with Crippen molar-refractivity contribution in [3.05, 3.63) is 0 Å². The zero-order valence-electron chi connectivity index (χ0n) is 13.1. The Hall–Kier alpha value is 5.64. The normalized spacial score (nSPS) is 9.12. The molecule has 0 aromatic rings. The van der Waals surface area contributed by atoms with E-state index >= 15 is 0 Å². The van der Waals surface area contributed by atoms with Crippen molar-refractivity contribution >= 4 is 27.0 Å². The number of hydrogen-bond acceptors (Lipinski definition) is 7. The third kappa shape index (κ3) is 27.9. The van der Waals surface area contributed by atoms with Gasteiger partial charge in [0.15, 0.2) is 0 Å². The smallest absolute Gasteiger partial charge is 1.00 e. The van der Waals surface area contributed by atoms with E-state index in [4.69, 9.17) is 9.11 Å². The average Bonchev–Trinajstić information content (AvgIpc) is 1.49. The summed E-state index contributed by atoms with van der Waals surface area (Å²) in [5.74, 6) is 0. The minimum atomic E-state index is -5.15. The fourth-order valence-electron chi connectivity index (χ4n) is 0.186. The molecule has 0 amide bonds. The van der Waals surface area contributed by atoms with Crippen LogP contribution in [0, 0.1) is 0 Å². The van der Waals surface area contributed by atoms with Crippen LogP contribution in [-0.4, -0.2) is 32.1 Å². The van der Waals surface area contributed by atoms with Gasteiger partial charge in [-0.1, -0.05) is 0 Å². The summed E-state index contributed by atoms with van der Waals surface area (Å²) in [6.07, 6.45) is -2.29. The molecule has 0 aliphatic rings. The van der Waals surface area contributed by atoms with Crippen LogP contribution in [0.5, 0.6) is 0 Å². The van der Waals surface area contributed by atoms with Crippen LogP contribution in [0.4, 0.5) is 4.79 Å². The van der Waals surface area contributed by atoms with Crippen LogP contribution in [-0.2, 0) is 29.2 Å². The van der Waals surface area contributed by atoms with Crippen LogP contribution in [0.1, 0.15) is 5.71 Å². The maximum absolute atomic E-state index is 9.95. The zero-order valence-corrected chi connectivity index (χ0v) is 23.2. The fourth-order valence-corrected chi connectivity index (χ4v) is 0.641. The first-order valence-corrected chi connectivity index (χ1v) is 4.71. The van der Waals surface area contributed by atoms with Crippen molar-refractivity contribution in [2.45, 2.75) is 0 Å². The second-order valence-corrected chi connectivity index (χ2v) is 3.32. The van der Waals surface area contributed by atoms with Gasteiger partial charge in [-0.15, -0.1) is 0 Å². The van der Waals surface area contributed by atoms with Crippen LogP contribution in [0.2, 0.25) is 0 Å². The molecule has 16 heavy (non-hydrogen) atoms. The quantitative estimate of drug-likeness (QED) is 0.351. The summed E-state index contributed by atoms with van der Waals surface area (Å²) < 4.78 is 60.1. The molecular formula is CH6K4O9S2. The predicted octanol–water partition coefficient (Wildman–Crippen LogP) is -12.8. The van der Waals surface area contributed by atoms with Gasteiger partial charge in [0.2, 0.25) is 0 Å². The van der Waals surface area contributed by atoms with Gasteiger partial charge >= 0.3 is 232 Å². The standard InChI is InChI=1S/CH2O9S2.4K.4H/c2-1(9-11(3,4)5)10-12(6,7)8;;;;;;;;/h(H,3,4,5)(H,6,7,8);;;;;;;;/q;4*+1;4*-1. The molecule has 0 radical (unpaired) electrons. The van der Waals surface area contributed by atoms with Gasteiger partial charge in [0.1, 0.15) is 0 Å². The number of carbonyl (C=O) groups is 1. The molecule has 80 valence electrons. The Kier molecular flexibility index (Phi) is 32.3. The number of carbonyl (C=O) groups excluding carboxylic acids is 1. The molecule has 0 saturated heterocycles. The molecule has 0 spiro atoms. The van der Waals surface area contributed by atoms with Crippen LogP contribution in [0.15, 0.2) is 0 Å². The summed E-state index contributed by atoms with van der Waals surface area (Å²) >= 11 is 0. The van der Waals surface area contributed by atoms with Crippen molar-refractivity contribution in [2.75, 3.05) is 0 Å². The molecule has 0 heterocycles. The summed E-state index contributed by atoms with van der Waals surface area (Å²) in [6, 6.07) is 0. The predicted molar refractivity (Wildman–Crippen MR) is 35.1 cm³/mol. The van der Waals surface area contributed by atoms with Crippen LogP contribution >= 0.6 is 0 Å². The zero-order chi connectivity index (χ0) is 9.99. The first-order chi connectivity index (χ1) is 5.10. The average molecular weight is 383 g/mol. The molecule has 0 aromatic heterocycles.